The summed E-state index contributed by atoms with van der Waals surface area (Å²) in [6.45, 7) is 5.21. The van der Waals surface area contributed by atoms with Crippen molar-refractivity contribution < 1.29 is 19.1 Å². The van der Waals surface area contributed by atoms with Gasteiger partial charge in [0.15, 0.2) is 0 Å². The lowest BCUT2D eigenvalue weighted by Gasteiger charge is -2.23. The summed E-state index contributed by atoms with van der Waals surface area (Å²) in [4.78, 5) is 37.2. The van der Waals surface area contributed by atoms with Crippen LogP contribution < -0.4 is 10.2 Å². The van der Waals surface area contributed by atoms with Gasteiger partial charge >= 0.3 is 5.97 Å². The van der Waals surface area contributed by atoms with Crippen molar-refractivity contribution in [2.24, 2.45) is 0 Å². The van der Waals surface area contributed by atoms with E-state index in [-0.39, 0.29) is 18.4 Å². The Morgan fingerprint density at radius 3 is 2.23 bits per heavy atom. The first-order valence-corrected chi connectivity index (χ1v) is 8.15. The summed E-state index contributed by atoms with van der Waals surface area (Å²) in [5, 5.41) is 2.73. The van der Waals surface area contributed by atoms with Crippen molar-refractivity contribution in [1.82, 2.24) is 0 Å². The van der Waals surface area contributed by atoms with Gasteiger partial charge in [-0.15, -0.1) is 0 Å². The largest absolute Gasteiger partial charge is 0.465 e. The van der Waals surface area contributed by atoms with Gasteiger partial charge in [-0.05, 0) is 49.7 Å². The lowest BCUT2D eigenvalue weighted by atomic mass is 10.1. The van der Waals surface area contributed by atoms with Crippen molar-refractivity contribution in [2.75, 3.05) is 23.9 Å². The number of nitrogens with one attached hydrogen (secondary N) is 1. The van der Waals surface area contributed by atoms with Gasteiger partial charge in [-0.2, -0.15) is 0 Å². The molecule has 2 aromatic rings. The van der Waals surface area contributed by atoms with Crippen LogP contribution in [0.5, 0.6) is 0 Å². The van der Waals surface area contributed by atoms with Crippen molar-refractivity contribution >= 4 is 29.2 Å². The molecule has 0 fully saturated rings. The third-order valence-corrected chi connectivity index (χ3v) is 3.91. The summed E-state index contributed by atoms with van der Waals surface area (Å²) in [6, 6.07) is 12.1. The number of hydrogen-bond acceptors (Lipinski definition) is 4. The van der Waals surface area contributed by atoms with Crippen molar-refractivity contribution in [3.63, 3.8) is 0 Å². The van der Waals surface area contributed by atoms with Gasteiger partial charge in [-0.1, -0.05) is 17.7 Å². The van der Waals surface area contributed by atoms with Crippen LogP contribution in [-0.2, 0) is 14.3 Å². The number of methoxy groups -OCH3 is 1. The number of hydrogen-bond donors (Lipinski definition) is 1. The van der Waals surface area contributed by atoms with Gasteiger partial charge in [0.05, 0.1) is 12.7 Å². The van der Waals surface area contributed by atoms with Crippen molar-refractivity contribution in [1.29, 1.82) is 0 Å². The molecule has 1 N–H and O–H groups in total. The molecular weight excluding hydrogens is 332 g/mol. The fourth-order valence-corrected chi connectivity index (χ4v) is 2.63. The number of aryl methyl sites for hydroxylation is 2. The van der Waals surface area contributed by atoms with E-state index in [1.165, 1.54) is 18.9 Å². The van der Waals surface area contributed by atoms with Crippen LogP contribution in [0.15, 0.2) is 42.5 Å². The van der Waals surface area contributed by atoms with E-state index in [9.17, 15) is 14.4 Å². The second kappa shape index (κ2) is 8.29. The van der Waals surface area contributed by atoms with Gasteiger partial charge < -0.3 is 15.0 Å². The van der Waals surface area contributed by atoms with Crippen molar-refractivity contribution in [3.05, 3.63) is 59.2 Å². The smallest absolute Gasteiger partial charge is 0.337 e. The molecule has 0 radical (unpaired) electrons. The number of nitrogens with zero attached hydrogens (tertiary/aromatic N) is 1. The number of carbonyl (C=O) groups excluding carboxylic acids is 3. The molecule has 2 aromatic carbocycles. The molecule has 6 heteroatoms. The summed E-state index contributed by atoms with van der Waals surface area (Å²) in [6.07, 6.45) is 0. The Balaban J connectivity index is 2.10. The fraction of sp³-hybridized carbons (Fsp3) is 0.250. The molecule has 0 aliphatic carbocycles. The molecule has 0 unspecified atom stereocenters. The van der Waals surface area contributed by atoms with E-state index >= 15 is 0 Å². The van der Waals surface area contributed by atoms with Gasteiger partial charge in [0.25, 0.3) is 0 Å². The first-order chi connectivity index (χ1) is 12.3. The molecule has 0 spiro atoms. The van der Waals surface area contributed by atoms with E-state index in [2.05, 4.69) is 10.1 Å². The maximum atomic E-state index is 12.4. The Morgan fingerprint density at radius 2 is 1.69 bits per heavy atom. The van der Waals surface area contributed by atoms with Crippen molar-refractivity contribution in [3.8, 4) is 0 Å². The minimum Gasteiger partial charge on any atom is -0.465 e. The quantitative estimate of drug-likeness (QED) is 0.837. The van der Waals surface area contributed by atoms with Crippen LogP contribution in [-0.4, -0.2) is 31.4 Å². The highest BCUT2D eigenvalue weighted by atomic mass is 16.5. The lowest BCUT2D eigenvalue weighted by molar-refractivity contribution is -0.120. The highest BCUT2D eigenvalue weighted by Gasteiger charge is 2.18. The summed E-state index contributed by atoms with van der Waals surface area (Å²) in [7, 11) is 1.31. The van der Waals surface area contributed by atoms with E-state index in [0.29, 0.717) is 16.9 Å². The van der Waals surface area contributed by atoms with Crippen LogP contribution >= 0.6 is 0 Å². The maximum absolute atomic E-state index is 12.4. The molecule has 0 aliphatic heterocycles. The number of anilines is 2. The van der Waals surface area contributed by atoms with Gasteiger partial charge in [-0.3, -0.25) is 9.59 Å². The van der Waals surface area contributed by atoms with E-state index in [4.69, 9.17) is 0 Å². The number of amides is 2. The van der Waals surface area contributed by atoms with Gasteiger partial charge in [0.1, 0.15) is 6.54 Å². The summed E-state index contributed by atoms with van der Waals surface area (Å²) in [5.41, 5.74) is 3.65. The Bertz CT molecular complexity index is 828. The van der Waals surface area contributed by atoms with E-state index < -0.39 is 5.97 Å². The number of benzene rings is 2. The average Bonchev–Trinajstić information content (AvgIpc) is 2.60. The first-order valence-electron chi connectivity index (χ1n) is 8.15. The van der Waals surface area contributed by atoms with Gasteiger partial charge in [0, 0.05) is 18.3 Å². The molecule has 0 aromatic heterocycles. The average molecular weight is 354 g/mol. The lowest BCUT2D eigenvalue weighted by Crippen LogP contribution is -2.37. The maximum Gasteiger partial charge on any atom is 0.337 e. The van der Waals surface area contributed by atoms with Gasteiger partial charge in [-0.25, -0.2) is 4.79 Å². The topological polar surface area (TPSA) is 75.7 Å². The molecule has 0 saturated heterocycles. The van der Waals surface area contributed by atoms with Crippen LogP contribution in [0.2, 0.25) is 0 Å². The molecule has 6 nitrogen and oxygen atoms in total. The van der Waals surface area contributed by atoms with Crippen LogP contribution in [0.1, 0.15) is 28.4 Å². The van der Waals surface area contributed by atoms with E-state index in [0.717, 1.165) is 11.1 Å². The van der Waals surface area contributed by atoms with Crippen molar-refractivity contribution in [2.45, 2.75) is 20.8 Å². The van der Waals surface area contributed by atoms with E-state index in [1.54, 1.807) is 24.3 Å². The minimum atomic E-state index is -0.444. The summed E-state index contributed by atoms with van der Waals surface area (Å²) >= 11 is 0. The van der Waals surface area contributed by atoms with Crippen LogP contribution in [0, 0.1) is 13.8 Å². The number of ether oxygens (including phenoxy) is 1. The molecule has 0 aliphatic rings. The molecule has 2 amide bonds. The van der Waals surface area contributed by atoms with Gasteiger partial charge in [0.2, 0.25) is 11.8 Å². The molecular formula is C20H22N2O4. The number of rotatable bonds is 5. The molecule has 0 heterocycles. The predicted octanol–water partition coefficient (Wildman–Crippen LogP) is 3.08. The normalized spacial score (nSPS) is 10.2. The third-order valence-electron chi connectivity index (χ3n) is 3.91. The van der Waals surface area contributed by atoms with Crippen LogP contribution in [0.3, 0.4) is 0 Å². The summed E-state index contributed by atoms with van der Waals surface area (Å²) in [5.74, 6) is -0.986. The SMILES string of the molecule is COC(=O)c1ccc(NC(=O)CN(C(C)=O)c2ccc(C)cc2C)cc1. The fourth-order valence-electron chi connectivity index (χ4n) is 2.63. The standard InChI is InChI=1S/C20H22N2O4/c1-13-5-10-18(14(2)11-13)22(15(3)23)12-19(24)21-17-8-6-16(7-9-17)20(25)26-4/h5-11H,12H2,1-4H3,(H,21,24). The Labute approximate surface area is 152 Å². The third kappa shape index (κ3) is 4.69. The Kier molecular flexibility index (Phi) is 6.11. The second-order valence-corrected chi connectivity index (χ2v) is 6.01. The molecule has 0 atom stereocenters. The first kappa shape index (κ1) is 19.2. The Morgan fingerprint density at radius 1 is 1.04 bits per heavy atom. The van der Waals surface area contributed by atoms with E-state index in [1.807, 2.05) is 32.0 Å². The molecule has 0 bridgehead atoms. The monoisotopic (exact) mass is 354 g/mol. The zero-order chi connectivity index (χ0) is 19.3. The second-order valence-electron chi connectivity index (χ2n) is 6.01. The molecule has 26 heavy (non-hydrogen) atoms. The molecule has 136 valence electrons. The number of carbonyl (C=O) groups is 3. The minimum absolute atomic E-state index is 0.0992. The molecule has 0 saturated carbocycles. The zero-order valence-corrected chi connectivity index (χ0v) is 15.3. The van der Waals surface area contributed by atoms with Crippen LogP contribution in [0.25, 0.3) is 0 Å². The molecule has 2 rings (SSSR count). The highest BCUT2D eigenvalue weighted by molar-refractivity contribution is 6.02. The zero-order valence-electron chi connectivity index (χ0n) is 15.3. The highest BCUT2D eigenvalue weighted by Crippen LogP contribution is 2.21. The van der Waals surface area contributed by atoms with Crippen LogP contribution in [0.4, 0.5) is 11.4 Å². The Hall–Kier alpha value is -3.15. The summed E-state index contributed by atoms with van der Waals surface area (Å²) < 4.78 is 4.63. The number of esters is 1. The predicted molar refractivity (Wildman–Crippen MR) is 100 cm³/mol.